The fraction of sp³-hybridized carbons (Fsp3) is 0.438. The lowest BCUT2D eigenvalue weighted by Gasteiger charge is -2.18. The Balaban J connectivity index is 1.35. The summed E-state index contributed by atoms with van der Waals surface area (Å²) in [6.45, 7) is 2.10. The third-order valence-electron chi connectivity index (χ3n) is 4.14. The van der Waals surface area contributed by atoms with Gasteiger partial charge in [-0.2, -0.15) is 10.1 Å². The van der Waals surface area contributed by atoms with Crippen LogP contribution in [0.4, 0.5) is 10.4 Å². The second kappa shape index (κ2) is 6.56. The second-order valence-electron chi connectivity index (χ2n) is 5.81. The zero-order valence-corrected chi connectivity index (χ0v) is 13.1. The Kier molecular flexibility index (Phi) is 4.12. The molecule has 0 radical (unpaired) electrons. The number of nitrogens with one attached hydrogen (secondary N) is 2. The average molecular weight is 331 g/mol. The molecule has 0 bridgehead atoms. The van der Waals surface area contributed by atoms with Crippen molar-refractivity contribution in [1.29, 1.82) is 0 Å². The molecule has 0 unspecified atom stereocenters. The summed E-state index contributed by atoms with van der Waals surface area (Å²) < 4.78 is 24.4. The third kappa shape index (κ3) is 3.09. The van der Waals surface area contributed by atoms with Crippen LogP contribution >= 0.6 is 0 Å². The number of aromatic nitrogens is 4. The van der Waals surface area contributed by atoms with Crippen molar-refractivity contribution in [2.75, 3.05) is 25.1 Å². The standard InChI is InChI=1S/C16H18FN5O2/c17-11-2-1-3-12-14(11)20-16(24-12)18-7-4-13-19-15(22-21-13)10-5-8-23-9-6-10/h1-3,10H,4-9H2,(H,18,20)(H,19,21,22). The van der Waals surface area contributed by atoms with E-state index in [1.165, 1.54) is 6.07 Å². The molecule has 1 aliphatic heterocycles. The summed E-state index contributed by atoms with van der Waals surface area (Å²) in [5.41, 5.74) is 0.667. The minimum Gasteiger partial charge on any atom is -0.423 e. The van der Waals surface area contributed by atoms with Crippen LogP contribution in [0.25, 0.3) is 11.1 Å². The van der Waals surface area contributed by atoms with E-state index in [9.17, 15) is 4.39 Å². The van der Waals surface area contributed by atoms with Gasteiger partial charge in [-0.1, -0.05) is 6.07 Å². The van der Waals surface area contributed by atoms with Crippen LogP contribution in [0.5, 0.6) is 0 Å². The van der Waals surface area contributed by atoms with Crippen LogP contribution in [0.2, 0.25) is 0 Å². The Hall–Kier alpha value is -2.48. The molecule has 2 N–H and O–H groups in total. The van der Waals surface area contributed by atoms with Crippen LogP contribution in [0.15, 0.2) is 22.6 Å². The van der Waals surface area contributed by atoms with Crippen molar-refractivity contribution >= 4 is 17.1 Å². The van der Waals surface area contributed by atoms with Gasteiger partial charge in [-0.05, 0) is 25.0 Å². The molecule has 1 aliphatic rings. The molecule has 2 aromatic heterocycles. The van der Waals surface area contributed by atoms with Crippen LogP contribution in [-0.2, 0) is 11.2 Å². The molecule has 1 fully saturated rings. The van der Waals surface area contributed by atoms with Gasteiger partial charge in [0.1, 0.15) is 11.3 Å². The largest absolute Gasteiger partial charge is 0.423 e. The number of ether oxygens (including phenoxy) is 1. The van der Waals surface area contributed by atoms with Crippen molar-refractivity contribution in [1.82, 2.24) is 20.2 Å². The highest BCUT2D eigenvalue weighted by Crippen LogP contribution is 2.24. The van der Waals surface area contributed by atoms with E-state index < -0.39 is 0 Å². The van der Waals surface area contributed by atoms with Crippen molar-refractivity contribution in [2.45, 2.75) is 25.2 Å². The molecular formula is C16H18FN5O2. The number of nitrogens with zero attached hydrogens (tertiary/aromatic N) is 3. The first-order valence-corrected chi connectivity index (χ1v) is 8.07. The highest BCUT2D eigenvalue weighted by molar-refractivity contribution is 5.74. The summed E-state index contributed by atoms with van der Waals surface area (Å²) in [5, 5.41) is 10.3. The second-order valence-corrected chi connectivity index (χ2v) is 5.81. The quantitative estimate of drug-likeness (QED) is 0.747. The van der Waals surface area contributed by atoms with Gasteiger partial charge in [0.2, 0.25) is 0 Å². The Labute approximate surface area is 137 Å². The maximum atomic E-state index is 13.6. The Morgan fingerprint density at radius 2 is 2.12 bits per heavy atom. The maximum Gasteiger partial charge on any atom is 0.295 e. The van der Waals surface area contributed by atoms with E-state index in [4.69, 9.17) is 9.15 Å². The number of aromatic amines is 1. The lowest BCUT2D eigenvalue weighted by molar-refractivity contribution is 0.0836. The number of H-pyrrole nitrogens is 1. The van der Waals surface area contributed by atoms with Crippen LogP contribution in [0.3, 0.4) is 0 Å². The van der Waals surface area contributed by atoms with E-state index in [-0.39, 0.29) is 11.3 Å². The zero-order valence-electron chi connectivity index (χ0n) is 13.1. The molecular weight excluding hydrogens is 313 g/mol. The first-order chi connectivity index (χ1) is 11.8. The Morgan fingerprint density at radius 1 is 1.25 bits per heavy atom. The van der Waals surface area contributed by atoms with E-state index in [0.29, 0.717) is 30.5 Å². The van der Waals surface area contributed by atoms with E-state index in [1.807, 2.05) is 0 Å². The van der Waals surface area contributed by atoms with E-state index in [0.717, 1.165) is 37.7 Å². The number of hydrogen-bond donors (Lipinski definition) is 2. The van der Waals surface area contributed by atoms with Gasteiger partial charge in [0.15, 0.2) is 17.2 Å². The fourth-order valence-electron chi connectivity index (χ4n) is 2.84. The first kappa shape index (κ1) is 15.1. The van der Waals surface area contributed by atoms with Crippen molar-refractivity contribution in [2.24, 2.45) is 0 Å². The van der Waals surface area contributed by atoms with Crippen LogP contribution in [0, 0.1) is 5.82 Å². The smallest absolute Gasteiger partial charge is 0.295 e. The summed E-state index contributed by atoms with van der Waals surface area (Å²) in [6.07, 6.45) is 2.57. The molecule has 8 heteroatoms. The minimum absolute atomic E-state index is 0.237. The zero-order chi connectivity index (χ0) is 16.4. The monoisotopic (exact) mass is 331 g/mol. The lowest BCUT2D eigenvalue weighted by Crippen LogP contribution is -2.15. The van der Waals surface area contributed by atoms with Crippen LogP contribution in [0.1, 0.15) is 30.4 Å². The van der Waals surface area contributed by atoms with E-state index >= 15 is 0 Å². The lowest BCUT2D eigenvalue weighted by atomic mass is 10.00. The van der Waals surface area contributed by atoms with Crippen molar-refractivity contribution in [3.8, 4) is 0 Å². The molecule has 4 rings (SSSR count). The average Bonchev–Trinajstić information content (AvgIpc) is 3.23. The van der Waals surface area contributed by atoms with Gasteiger partial charge in [0.05, 0.1) is 0 Å². The molecule has 3 heterocycles. The molecule has 0 spiro atoms. The molecule has 7 nitrogen and oxygen atoms in total. The van der Waals surface area contributed by atoms with Gasteiger partial charge in [0.25, 0.3) is 6.01 Å². The number of fused-ring (bicyclic) bond motifs is 1. The number of anilines is 1. The Bertz CT molecular complexity index is 825. The minimum atomic E-state index is -0.388. The highest BCUT2D eigenvalue weighted by atomic mass is 19.1. The third-order valence-corrected chi connectivity index (χ3v) is 4.14. The fourth-order valence-corrected chi connectivity index (χ4v) is 2.84. The highest BCUT2D eigenvalue weighted by Gasteiger charge is 2.20. The van der Waals surface area contributed by atoms with Gasteiger partial charge in [0, 0.05) is 32.1 Å². The number of benzene rings is 1. The van der Waals surface area contributed by atoms with Crippen LogP contribution < -0.4 is 5.32 Å². The summed E-state index contributed by atoms with van der Waals surface area (Å²) in [4.78, 5) is 8.66. The van der Waals surface area contributed by atoms with Gasteiger partial charge >= 0.3 is 0 Å². The predicted molar refractivity (Wildman–Crippen MR) is 85.3 cm³/mol. The molecule has 0 saturated carbocycles. The van der Waals surface area contributed by atoms with Crippen molar-refractivity contribution in [3.05, 3.63) is 35.7 Å². The molecule has 1 saturated heterocycles. The maximum absolute atomic E-state index is 13.6. The summed E-state index contributed by atoms with van der Waals surface area (Å²) in [7, 11) is 0. The molecule has 24 heavy (non-hydrogen) atoms. The number of hydrogen-bond acceptors (Lipinski definition) is 6. The number of rotatable bonds is 5. The van der Waals surface area contributed by atoms with Gasteiger partial charge in [-0.15, -0.1) is 0 Å². The first-order valence-electron chi connectivity index (χ1n) is 8.07. The number of halogens is 1. The van der Waals surface area contributed by atoms with Crippen LogP contribution in [-0.4, -0.2) is 39.9 Å². The summed E-state index contributed by atoms with van der Waals surface area (Å²) >= 11 is 0. The van der Waals surface area contributed by atoms with Crippen molar-refractivity contribution < 1.29 is 13.5 Å². The normalized spacial score (nSPS) is 15.9. The number of oxazole rings is 1. The Morgan fingerprint density at radius 3 is 2.96 bits per heavy atom. The van der Waals surface area contributed by atoms with Crippen molar-refractivity contribution in [3.63, 3.8) is 0 Å². The topological polar surface area (TPSA) is 88.9 Å². The van der Waals surface area contributed by atoms with Gasteiger partial charge in [-0.25, -0.2) is 9.37 Å². The molecule has 0 atom stereocenters. The summed E-state index contributed by atoms with van der Waals surface area (Å²) in [5.74, 6) is 1.65. The van der Waals surface area contributed by atoms with Gasteiger partial charge in [-0.3, -0.25) is 5.10 Å². The SMILES string of the molecule is Fc1cccc2oc(NCCc3nc(C4CCOCC4)n[nH]3)nc12. The molecule has 126 valence electrons. The van der Waals surface area contributed by atoms with E-state index in [2.05, 4.69) is 25.5 Å². The molecule has 0 aliphatic carbocycles. The predicted octanol–water partition coefficient (Wildman–Crippen LogP) is 2.63. The molecule has 1 aromatic carbocycles. The summed E-state index contributed by atoms with van der Waals surface area (Å²) in [6, 6.07) is 4.95. The molecule has 3 aromatic rings. The molecule has 0 amide bonds. The number of para-hydroxylation sites is 1. The van der Waals surface area contributed by atoms with Gasteiger partial charge < -0.3 is 14.5 Å². The van der Waals surface area contributed by atoms with E-state index in [1.54, 1.807) is 12.1 Å².